The first-order valence-corrected chi connectivity index (χ1v) is 12.5. The van der Waals surface area contributed by atoms with E-state index in [1.807, 2.05) is 37.3 Å². The summed E-state index contributed by atoms with van der Waals surface area (Å²) in [5, 5.41) is 0. The molecule has 0 amide bonds. The molecule has 0 saturated heterocycles. The highest BCUT2D eigenvalue weighted by Gasteiger charge is 2.10. The van der Waals surface area contributed by atoms with Gasteiger partial charge < -0.3 is 13.9 Å². The molecule has 0 aliphatic rings. The number of hydrogen-bond donors (Lipinski definition) is 0. The summed E-state index contributed by atoms with van der Waals surface area (Å²) < 4.78 is 16.2. The molecule has 0 radical (unpaired) electrons. The van der Waals surface area contributed by atoms with Gasteiger partial charge in [-0.05, 0) is 66.4 Å². The summed E-state index contributed by atoms with van der Waals surface area (Å²) in [5.41, 5.74) is 5.53. The number of rotatable bonds is 10. The third kappa shape index (κ3) is 6.67. The third-order valence-electron chi connectivity index (χ3n) is 5.42. The zero-order valence-corrected chi connectivity index (χ0v) is 20.7. The second-order valence-electron chi connectivity index (χ2n) is 7.87. The Morgan fingerprint density at radius 1 is 0.943 bits per heavy atom. The fourth-order valence-corrected chi connectivity index (χ4v) is 4.57. The summed E-state index contributed by atoms with van der Waals surface area (Å²) in [6.45, 7) is 4.02. The van der Waals surface area contributed by atoms with E-state index in [4.69, 9.17) is 13.9 Å². The minimum absolute atomic E-state index is 0.0839. The molecule has 0 saturated carbocycles. The van der Waals surface area contributed by atoms with E-state index in [1.54, 1.807) is 24.9 Å². The van der Waals surface area contributed by atoms with E-state index in [1.165, 1.54) is 11.1 Å². The van der Waals surface area contributed by atoms with Crippen LogP contribution in [0.4, 0.5) is 0 Å². The van der Waals surface area contributed by atoms with Crippen molar-refractivity contribution < 1.29 is 18.7 Å². The van der Waals surface area contributed by atoms with Crippen LogP contribution < -0.4 is 4.74 Å². The molecule has 5 heteroatoms. The smallest absolute Gasteiger partial charge is 0.344 e. The van der Waals surface area contributed by atoms with Gasteiger partial charge in [-0.15, -0.1) is 11.8 Å². The highest BCUT2D eigenvalue weighted by Crippen LogP contribution is 2.30. The number of carbonyl (C=O) groups is 1. The normalized spacial score (nSPS) is 11.3. The molecule has 0 spiro atoms. The Bertz CT molecular complexity index is 1260. The predicted octanol–water partition coefficient (Wildman–Crippen LogP) is 7.42. The average molecular weight is 485 g/mol. The first-order valence-electron chi connectivity index (χ1n) is 11.6. The highest BCUT2D eigenvalue weighted by molar-refractivity contribution is 7.99. The van der Waals surface area contributed by atoms with Gasteiger partial charge in [-0.3, -0.25) is 0 Å². The minimum atomic E-state index is -0.363. The molecular formula is C30H28O4S. The summed E-state index contributed by atoms with van der Waals surface area (Å²) >= 11 is 1.73. The van der Waals surface area contributed by atoms with E-state index < -0.39 is 0 Å². The molecule has 1 aromatic heterocycles. The van der Waals surface area contributed by atoms with Crippen LogP contribution in [0.3, 0.4) is 0 Å². The van der Waals surface area contributed by atoms with Crippen LogP contribution in [0.1, 0.15) is 23.8 Å². The van der Waals surface area contributed by atoms with Crippen LogP contribution in [0, 0.1) is 6.92 Å². The zero-order chi connectivity index (χ0) is 24.5. The van der Waals surface area contributed by atoms with Gasteiger partial charge >= 0.3 is 5.97 Å². The third-order valence-corrected chi connectivity index (χ3v) is 6.34. The van der Waals surface area contributed by atoms with Crippen LogP contribution >= 0.6 is 11.8 Å². The molecular weight excluding hydrogens is 456 g/mol. The Kier molecular flexibility index (Phi) is 8.47. The summed E-state index contributed by atoms with van der Waals surface area (Å²) in [7, 11) is 0. The average Bonchev–Trinajstić information content (AvgIpc) is 3.42. The summed E-state index contributed by atoms with van der Waals surface area (Å²) in [5.74, 6) is 1.95. The molecule has 3 aromatic carbocycles. The largest absolute Gasteiger partial charge is 0.482 e. The van der Waals surface area contributed by atoms with Crippen molar-refractivity contribution in [3.8, 4) is 16.9 Å². The van der Waals surface area contributed by atoms with Crippen molar-refractivity contribution in [1.29, 1.82) is 0 Å². The number of esters is 1. The van der Waals surface area contributed by atoms with Gasteiger partial charge in [-0.1, -0.05) is 60.7 Å². The molecule has 178 valence electrons. The predicted molar refractivity (Wildman–Crippen MR) is 142 cm³/mol. The lowest BCUT2D eigenvalue weighted by Gasteiger charge is -2.10. The Balaban J connectivity index is 1.45. The van der Waals surface area contributed by atoms with Crippen molar-refractivity contribution in [2.75, 3.05) is 19.0 Å². The van der Waals surface area contributed by atoms with Gasteiger partial charge in [-0.2, -0.15) is 0 Å². The Hall–Kier alpha value is -3.70. The fraction of sp³-hybridized carbons (Fsp3) is 0.167. The van der Waals surface area contributed by atoms with Crippen molar-refractivity contribution in [3.05, 3.63) is 114 Å². The molecule has 4 aromatic rings. The van der Waals surface area contributed by atoms with Crippen molar-refractivity contribution in [2.24, 2.45) is 0 Å². The standard InChI is InChI=1S/C30H28O4S/c1-3-32-30(31)21-34-28-16-15-26(20-22(28)2)35-19-17-27(29-10-7-18-33-29)25-13-11-24(12-14-25)23-8-5-4-6-9-23/h4-18,20H,3,19,21H2,1-2H3. The number of carbonyl (C=O) groups excluding carboxylic acids is 1. The van der Waals surface area contributed by atoms with E-state index in [9.17, 15) is 4.79 Å². The van der Waals surface area contributed by atoms with E-state index in [0.717, 1.165) is 33.1 Å². The summed E-state index contributed by atoms with van der Waals surface area (Å²) in [4.78, 5) is 12.7. The quantitative estimate of drug-likeness (QED) is 0.173. The molecule has 0 bridgehead atoms. The fourth-order valence-electron chi connectivity index (χ4n) is 3.70. The molecule has 35 heavy (non-hydrogen) atoms. The van der Waals surface area contributed by atoms with Crippen LogP contribution in [0.5, 0.6) is 5.75 Å². The van der Waals surface area contributed by atoms with Gasteiger partial charge in [0.15, 0.2) is 6.61 Å². The number of aryl methyl sites for hydroxylation is 1. The molecule has 0 fully saturated rings. The molecule has 4 nitrogen and oxygen atoms in total. The lowest BCUT2D eigenvalue weighted by atomic mass is 9.99. The first-order chi connectivity index (χ1) is 17.1. The SMILES string of the molecule is CCOC(=O)COc1ccc(SCC=C(c2ccc(-c3ccccc3)cc2)c2ccco2)cc1C. The first kappa shape index (κ1) is 24.4. The molecule has 0 atom stereocenters. The van der Waals surface area contributed by atoms with E-state index >= 15 is 0 Å². The van der Waals surface area contributed by atoms with Crippen LogP contribution in [0.25, 0.3) is 16.7 Å². The second-order valence-corrected chi connectivity index (χ2v) is 8.96. The van der Waals surface area contributed by atoms with Gasteiger partial charge in [0.2, 0.25) is 0 Å². The van der Waals surface area contributed by atoms with Gasteiger partial charge in [0, 0.05) is 16.2 Å². The number of ether oxygens (including phenoxy) is 2. The van der Waals surface area contributed by atoms with E-state index in [0.29, 0.717) is 12.4 Å². The monoisotopic (exact) mass is 484 g/mol. The Morgan fingerprint density at radius 3 is 2.40 bits per heavy atom. The zero-order valence-electron chi connectivity index (χ0n) is 19.9. The maximum Gasteiger partial charge on any atom is 0.344 e. The van der Waals surface area contributed by atoms with Crippen LogP contribution in [0.2, 0.25) is 0 Å². The lowest BCUT2D eigenvalue weighted by Crippen LogP contribution is -2.14. The van der Waals surface area contributed by atoms with Crippen LogP contribution in [-0.2, 0) is 9.53 Å². The number of furan rings is 1. The van der Waals surface area contributed by atoms with E-state index in [-0.39, 0.29) is 12.6 Å². The van der Waals surface area contributed by atoms with Gasteiger partial charge in [0.1, 0.15) is 11.5 Å². The summed E-state index contributed by atoms with van der Waals surface area (Å²) in [6.07, 6.45) is 3.90. The van der Waals surface area contributed by atoms with Crippen LogP contribution in [0.15, 0.2) is 107 Å². The molecule has 1 heterocycles. The van der Waals surface area contributed by atoms with Crippen LogP contribution in [-0.4, -0.2) is 24.9 Å². The van der Waals surface area contributed by atoms with E-state index in [2.05, 4.69) is 60.7 Å². The number of thioether (sulfide) groups is 1. The van der Waals surface area contributed by atoms with Gasteiger partial charge in [-0.25, -0.2) is 4.79 Å². The molecule has 0 aliphatic heterocycles. The highest BCUT2D eigenvalue weighted by atomic mass is 32.2. The maximum atomic E-state index is 11.5. The van der Waals surface area contributed by atoms with Gasteiger partial charge in [0.25, 0.3) is 0 Å². The van der Waals surface area contributed by atoms with Crippen molar-refractivity contribution in [3.63, 3.8) is 0 Å². The summed E-state index contributed by atoms with van der Waals surface area (Å²) in [6, 6.07) is 28.8. The topological polar surface area (TPSA) is 48.7 Å². The molecule has 4 rings (SSSR count). The second kappa shape index (κ2) is 12.1. The van der Waals surface area contributed by atoms with Gasteiger partial charge in [0.05, 0.1) is 12.9 Å². The van der Waals surface area contributed by atoms with Crippen molar-refractivity contribution in [1.82, 2.24) is 0 Å². The number of benzene rings is 3. The lowest BCUT2D eigenvalue weighted by molar-refractivity contribution is -0.145. The molecule has 0 N–H and O–H groups in total. The Labute approximate surface area is 210 Å². The Morgan fingerprint density at radius 2 is 1.71 bits per heavy atom. The molecule has 0 aliphatic carbocycles. The number of hydrogen-bond acceptors (Lipinski definition) is 5. The van der Waals surface area contributed by atoms with Crippen molar-refractivity contribution in [2.45, 2.75) is 18.7 Å². The molecule has 0 unspecified atom stereocenters. The maximum absolute atomic E-state index is 11.5. The minimum Gasteiger partial charge on any atom is -0.482 e. The van der Waals surface area contributed by atoms with Crippen molar-refractivity contribution >= 4 is 23.3 Å².